The van der Waals surface area contributed by atoms with E-state index in [4.69, 9.17) is 18.9 Å². The second-order valence-corrected chi connectivity index (χ2v) is 10.7. The molecule has 0 saturated carbocycles. The molecule has 0 aliphatic carbocycles. The number of hydrogen-bond donors (Lipinski definition) is 0. The van der Waals surface area contributed by atoms with Crippen molar-refractivity contribution in [2.24, 2.45) is 0 Å². The Morgan fingerprint density at radius 3 is 2.17 bits per heavy atom. The predicted octanol–water partition coefficient (Wildman–Crippen LogP) is 8.58. The second-order valence-electron chi connectivity index (χ2n) is 10.7. The molecule has 5 heteroatoms. The van der Waals surface area contributed by atoms with Crippen LogP contribution in [0.3, 0.4) is 0 Å². The van der Waals surface area contributed by atoms with Gasteiger partial charge < -0.3 is 18.9 Å². The quantitative estimate of drug-likeness (QED) is 0.100. The van der Waals surface area contributed by atoms with Crippen molar-refractivity contribution in [1.82, 2.24) is 0 Å². The van der Waals surface area contributed by atoms with Gasteiger partial charge in [-0.05, 0) is 84.5 Å². The van der Waals surface area contributed by atoms with Crippen molar-refractivity contribution in [1.29, 1.82) is 0 Å². The van der Waals surface area contributed by atoms with Crippen LogP contribution >= 0.6 is 0 Å². The molecular weight excluding hydrogens is 512 g/mol. The van der Waals surface area contributed by atoms with Crippen molar-refractivity contribution in [3.8, 4) is 34.1 Å². The van der Waals surface area contributed by atoms with Crippen molar-refractivity contribution in [2.45, 2.75) is 64.6 Å². The van der Waals surface area contributed by atoms with Crippen LogP contribution in [0.4, 0.5) is 0 Å². The van der Waals surface area contributed by atoms with Crippen molar-refractivity contribution in [3.63, 3.8) is 0 Å². The van der Waals surface area contributed by atoms with Gasteiger partial charge in [-0.15, -0.1) is 0 Å². The summed E-state index contributed by atoms with van der Waals surface area (Å²) in [5, 5.41) is 0. The molecule has 0 saturated heterocycles. The first kappa shape index (κ1) is 28.3. The number of carbonyl (C=O) groups excluding carboxylic acids is 1. The summed E-state index contributed by atoms with van der Waals surface area (Å²) in [7, 11) is 0. The molecule has 0 amide bonds. The van der Waals surface area contributed by atoms with Crippen LogP contribution in [-0.4, -0.2) is 18.2 Å². The lowest BCUT2D eigenvalue weighted by Gasteiger charge is -2.33. The Kier molecular flexibility index (Phi) is 9.25. The van der Waals surface area contributed by atoms with Crippen LogP contribution in [-0.2, 0) is 17.8 Å². The highest BCUT2D eigenvalue weighted by Gasteiger charge is 2.41. The van der Waals surface area contributed by atoms with E-state index >= 15 is 0 Å². The minimum absolute atomic E-state index is 0.402. The maximum absolute atomic E-state index is 13.2. The van der Waals surface area contributed by atoms with E-state index in [0.29, 0.717) is 30.9 Å². The highest BCUT2D eigenvalue weighted by atomic mass is 16.6. The first-order valence-electron chi connectivity index (χ1n) is 14.6. The van der Waals surface area contributed by atoms with Crippen LogP contribution in [0.25, 0.3) is 11.1 Å². The largest absolute Gasteiger partial charge is 0.494 e. The normalized spacial score (nSPS) is 15.9. The summed E-state index contributed by atoms with van der Waals surface area (Å²) < 4.78 is 23.7. The molecule has 41 heavy (non-hydrogen) atoms. The van der Waals surface area contributed by atoms with E-state index in [1.165, 1.54) is 19.3 Å². The lowest BCUT2D eigenvalue weighted by atomic mass is 9.92. The number of esters is 1. The van der Waals surface area contributed by atoms with E-state index in [1.54, 1.807) is 6.92 Å². The van der Waals surface area contributed by atoms with Crippen LogP contribution in [0.1, 0.15) is 57.1 Å². The molecule has 0 radical (unpaired) electrons. The third kappa shape index (κ3) is 7.49. The summed E-state index contributed by atoms with van der Waals surface area (Å²) in [5.74, 6) is 2.44. The third-order valence-corrected chi connectivity index (χ3v) is 7.44. The van der Waals surface area contributed by atoms with Crippen molar-refractivity contribution in [2.75, 3.05) is 6.61 Å². The Labute approximate surface area is 243 Å². The zero-order chi connectivity index (χ0) is 28.5. The number of ether oxygens (including phenoxy) is 4. The lowest BCUT2D eigenvalue weighted by Crippen LogP contribution is -2.46. The van der Waals surface area contributed by atoms with Gasteiger partial charge in [0.2, 0.25) is 5.60 Å². The Bertz CT molecular complexity index is 1410. The number of carbonyl (C=O) groups is 1. The van der Waals surface area contributed by atoms with E-state index in [1.807, 2.05) is 84.9 Å². The monoisotopic (exact) mass is 550 g/mol. The molecule has 1 aliphatic rings. The molecule has 5 rings (SSSR count). The number of rotatable bonds is 12. The maximum atomic E-state index is 13.2. The van der Waals surface area contributed by atoms with Crippen LogP contribution in [0.15, 0.2) is 97.1 Å². The van der Waals surface area contributed by atoms with Gasteiger partial charge in [-0.1, -0.05) is 80.8 Å². The van der Waals surface area contributed by atoms with Crippen LogP contribution in [0.5, 0.6) is 23.0 Å². The maximum Gasteiger partial charge on any atom is 0.355 e. The molecule has 4 aromatic rings. The van der Waals surface area contributed by atoms with Gasteiger partial charge >= 0.3 is 5.97 Å². The van der Waals surface area contributed by atoms with E-state index in [9.17, 15) is 4.79 Å². The Hall–Kier alpha value is -4.25. The summed E-state index contributed by atoms with van der Waals surface area (Å²) in [6.07, 6.45) is 5.97. The van der Waals surface area contributed by atoms with Crippen LogP contribution < -0.4 is 18.9 Å². The highest BCUT2D eigenvalue weighted by molar-refractivity contribution is 5.82. The first-order chi connectivity index (χ1) is 20.0. The Morgan fingerprint density at radius 1 is 0.780 bits per heavy atom. The Balaban J connectivity index is 1.14. The van der Waals surface area contributed by atoms with Gasteiger partial charge in [0, 0.05) is 6.42 Å². The number of aryl methyl sites for hydroxylation is 1. The summed E-state index contributed by atoms with van der Waals surface area (Å²) in [5.41, 5.74) is 3.19. The fraction of sp³-hybridized carbons (Fsp3) is 0.306. The Morgan fingerprint density at radius 2 is 1.46 bits per heavy atom. The first-order valence-corrected chi connectivity index (χ1v) is 14.6. The average molecular weight is 551 g/mol. The van der Waals surface area contributed by atoms with E-state index < -0.39 is 11.6 Å². The van der Waals surface area contributed by atoms with Gasteiger partial charge in [0.05, 0.1) is 6.61 Å². The van der Waals surface area contributed by atoms with Gasteiger partial charge in [0.15, 0.2) is 0 Å². The molecule has 1 atom stereocenters. The molecule has 0 aromatic heterocycles. The molecule has 0 unspecified atom stereocenters. The molecule has 0 spiro atoms. The number of fused-ring (bicyclic) bond motifs is 1. The highest BCUT2D eigenvalue weighted by Crippen LogP contribution is 2.36. The van der Waals surface area contributed by atoms with Gasteiger partial charge in [0.1, 0.15) is 29.6 Å². The lowest BCUT2D eigenvalue weighted by molar-refractivity contribution is -0.152. The molecular formula is C36H38O5. The van der Waals surface area contributed by atoms with Crippen molar-refractivity contribution < 1.29 is 23.7 Å². The molecule has 1 heterocycles. The minimum Gasteiger partial charge on any atom is -0.494 e. The molecule has 5 nitrogen and oxygen atoms in total. The van der Waals surface area contributed by atoms with Gasteiger partial charge in [0.25, 0.3) is 0 Å². The fourth-order valence-electron chi connectivity index (χ4n) is 4.88. The SMILES string of the molecule is CCCCCCOc1ccc(-c2ccc(OC(=O)[C@@]3(C)CCc4cc(OCc5ccccc5)ccc4O3)cc2)cc1. The summed E-state index contributed by atoms with van der Waals surface area (Å²) >= 11 is 0. The summed E-state index contributed by atoms with van der Waals surface area (Å²) in [4.78, 5) is 13.2. The average Bonchev–Trinajstić information content (AvgIpc) is 3.01. The van der Waals surface area contributed by atoms with Crippen molar-refractivity contribution in [3.05, 3.63) is 108 Å². The van der Waals surface area contributed by atoms with E-state index in [-0.39, 0.29) is 0 Å². The standard InChI is InChI=1S/C36H38O5/c1-3-4-5-9-24-38-31-16-12-28(13-17-31)29-14-18-32(19-15-29)40-35(37)36(2)23-22-30-25-33(20-21-34(30)41-36)39-26-27-10-7-6-8-11-27/h6-8,10-21,25H,3-5,9,22-24,26H2,1-2H3/t36-/m1/s1. The number of benzene rings is 4. The van der Waals surface area contributed by atoms with E-state index in [2.05, 4.69) is 19.1 Å². The van der Waals surface area contributed by atoms with Crippen LogP contribution in [0, 0.1) is 0 Å². The molecule has 0 fully saturated rings. The van der Waals surface area contributed by atoms with E-state index in [0.717, 1.165) is 46.8 Å². The minimum atomic E-state index is -1.07. The molecule has 0 bridgehead atoms. The zero-order valence-corrected chi connectivity index (χ0v) is 23.9. The topological polar surface area (TPSA) is 54.0 Å². The van der Waals surface area contributed by atoms with Gasteiger partial charge in [-0.25, -0.2) is 4.79 Å². The zero-order valence-electron chi connectivity index (χ0n) is 23.9. The number of unbranched alkanes of at least 4 members (excludes halogenated alkanes) is 3. The smallest absolute Gasteiger partial charge is 0.355 e. The molecule has 0 N–H and O–H groups in total. The predicted molar refractivity (Wildman–Crippen MR) is 162 cm³/mol. The molecule has 1 aliphatic heterocycles. The fourth-order valence-corrected chi connectivity index (χ4v) is 4.88. The van der Waals surface area contributed by atoms with Gasteiger partial charge in [-0.3, -0.25) is 0 Å². The number of hydrogen-bond acceptors (Lipinski definition) is 5. The second kappa shape index (κ2) is 13.4. The third-order valence-electron chi connectivity index (χ3n) is 7.44. The summed E-state index contributed by atoms with van der Waals surface area (Å²) in [6.45, 7) is 5.25. The summed E-state index contributed by atoms with van der Waals surface area (Å²) in [6, 6.07) is 31.5. The molecule has 4 aromatic carbocycles. The van der Waals surface area contributed by atoms with Crippen LogP contribution in [0.2, 0.25) is 0 Å². The van der Waals surface area contributed by atoms with Gasteiger partial charge in [-0.2, -0.15) is 0 Å². The molecule has 212 valence electrons. The van der Waals surface area contributed by atoms with Crippen molar-refractivity contribution >= 4 is 5.97 Å².